The predicted molar refractivity (Wildman–Crippen MR) is 134 cm³/mol. The van der Waals surface area contributed by atoms with E-state index in [4.69, 9.17) is 9.47 Å². The number of hydrogen-bond donors (Lipinski definition) is 0. The fourth-order valence-electron chi connectivity index (χ4n) is 4.43. The number of aryl methyl sites for hydroxylation is 6. The molecule has 0 aromatic heterocycles. The van der Waals surface area contributed by atoms with E-state index in [1.807, 2.05) is 20.8 Å². The molecule has 32 heavy (non-hydrogen) atoms. The molecule has 0 saturated carbocycles. The molecule has 2 aromatic carbocycles. The highest BCUT2D eigenvalue weighted by molar-refractivity contribution is 5.88. The van der Waals surface area contributed by atoms with E-state index in [9.17, 15) is 4.79 Å². The van der Waals surface area contributed by atoms with E-state index in [1.54, 1.807) is 0 Å². The van der Waals surface area contributed by atoms with Crippen molar-refractivity contribution >= 4 is 11.7 Å². The monoisotopic (exact) mass is 436 g/mol. The first-order valence-corrected chi connectivity index (χ1v) is 11.3. The third kappa shape index (κ3) is 6.03. The lowest BCUT2D eigenvalue weighted by Gasteiger charge is -2.30. The number of carbonyl (C=O) groups is 1. The summed E-state index contributed by atoms with van der Waals surface area (Å²) in [5.74, 6) is 0.622. The van der Waals surface area contributed by atoms with Crippen LogP contribution in [-0.2, 0) is 9.47 Å². The Labute approximate surface area is 194 Å². The van der Waals surface area contributed by atoms with E-state index >= 15 is 0 Å². The predicted octanol–water partition coefficient (Wildman–Crippen LogP) is 8.29. The maximum Gasteiger partial charge on any atom is 0.514 e. The van der Waals surface area contributed by atoms with Gasteiger partial charge < -0.3 is 9.47 Å². The van der Waals surface area contributed by atoms with Crippen molar-refractivity contribution in [2.24, 2.45) is 5.41 Å². The largest absolute Gasteiger partial charge is 0.514 e. The van der Waals surface area contributed by atoms with Crippen LogP contribution in [0.15, 0.2) is 30.0 Å². The highest BCUT2D eigenvalue weighted by Gasteiger charge is 2.32. The third-order valence-corrected chi connectivity index (χ3v) is 5.34. The minimum Gasteiger partial charge on any atom is -0.428 e. The third-order valence-electron chi connectivity index (χ3n) is 5.34. The minimum atomic E-state index is -0.676. The topological polar surface area (TPSA) is 35.5 Å². The molecule has 0 amide bonds. The normalized spacial score (nSPS) is 11.9. The zero-order valence-corrected chi connectivity index (χ0v) is 22.0. The van der Waals surface area contributed by atoms with Crippen LogP contribution in [0.2, 0.25) is 0 Å². The van der Waals surface area contributed by atoms with Crippen molar-refractivity contribution in [3.63, 3.8) is 0 Å². The van der Waals surface area contributed by atoms with E-state index in [-0.39, 0.29) is 0 Å². The molecule has 3 heteroatoms. The first kappa shape index (κ1) is 25.7. The maximum absolute atomic E-state index is 12.9. The molecule has 0 fully saturated rings. The van der Waals surface area contributed by atoms with Crippen LogP contribution in [0.3, 0.4) is 0 Å². The number of hydrogen-bond acceptors (Lipinski definition) is 3. The van der Waals surface area contributed by atoms with Crippen LogP contribution < -0.4 is 0 Å². The van der Waals surface area contributed by atoms with Gasteiger partial charge in [0.15, 0.2) is 0 Å². The highest BCUT2D eigenvalue weighted by Crippen LogP contribution is 2.42. The number of carbonyl (C=O) groups excluding carboxylic acids is 1. The Morgan fingerprint density at radius 2 is 1.00 bits per heavy atom. The van der Waals surface area contributed by atoms with Crippen molar-refractivity contribution in [2.75, 3.05) is 0 Å². The van der Waals surface area contributed by atoms with Gasteiger partial charge in [-0.3, -0.25) is 0 Å². The van der Waals surface area contributed by atoms with Gasteiger partial charge in [-0.05, 0) is 95.7 Å². The van der Waals surface area contributed by atoms with Gasteiger partial charge in [0.1, 0.15) is 11.4 Å². The van der Waals surface area contributed by atoms with Crippen LogP contribution in [0.25, 0.3) is 5.57 Å². The second-order valence-corrected chi connectivity index (χ2v) is 11.1. The van der Waals surface area contributed by atoms with Crippen molar-refractivity contribution in [2.45, 2.75) is 88.7 Å². The average Bonchev–Trinajstić information content (AvgIpc) is 2.54. The molecule has 2 aromatic rings. The standard InChI is InChI=1S/C29H40O3/c1-17-13-19(3)23(20(4)14-17)25(24-21(5)15-18(2)16-22(24)6)26(28(7,8)9)31-27(30)32-29(10,11)12/h13-16H,1-12H3. The molecular formula is C29H40O3. The molecule has 0 spiro atoms. The van der Waals surface area contributed by atoms with Gasteiger partial charge >= 0.3 is 6.16 Å². The SMILES string of the molecule is Cc1cc(C)c(C(=C(OC(=O)OC(C)(C)C)C(C)(C)C)c2c(C)cc(C)cc2C)c(C)c1. The molecule has 174 valence electrons. The maximum atomic E-state index is 12.9. The number of ether oxygens (including phenoxy) is 2. The van der Waals surface area contributed by atoms with E-state index in [0.29, 0.717) is 5.76 Å². The Bertz CT molecular complexity index is 951. The van der Waals surface area contributed by atoms with Gasteiger partial charge in [0.05, 0.1) is 0 Å². The van der Waals surface area contributed by atoms with E-state index in [1.165, 1.54) is 11.1 Å². The molecule has 0 N–H and O–H groups in total. The average molecular weight is 437 g/mol. The summed E-state index contributed by atoms with van der Waals surface area (Å²) in [5, 5.41) is 0. The molecule has 0 aliphatic heterocycles. The number of allylic oxidation sites excluding steroid dienone is 1. The van der Waals surface area contributed by atoms with Crippen molar-refractivity contribution in [3.05, 3.63) is 74.5 Å². The molecule has 0 radical (unpaired) electrons. The summed E-state index contributed by atoms with van der Waals surface area (Å²) in [6, 6.07) is 8.76. The highest BCUT2D eigenvalue weighted by atomic mass is 16.7. The lowest BCUT2D eigenvalue weighted by atomic mass is 9.79. The molecule has 0 saturated heterocycles. The Kier molecular flexibility index (Phi) is 7.34. The van der Waals surface area contributed by atoms with E-state index in [2.05, 4.69) is 86.6 Å². The molecule has 0 aliphatic carbocycles. The van der Waals surface area contributed by atoms with Crippen molar-refractivity contribution in [1.82, 2.24) is 0 Å². The molecule has 2 rings (SSSR count). The Hall–Kier alpha value is -2.55. The molecule has 0 heterocycles. The fourth-order valence-corrected chi connectivity index (χ4v) is 4.43. The van der Waals surface area contributed by atoms with Crippen molar-refractivity contribution < 1.29 is 14.3 Å². The van der Waals surface area contributed by atoms with Crippen LogP contribution in [0.5, 0.6) is 0 Å². The summed E-state index contributed by atoms with van der Waals surface area (Å²) in [5.41, 5.74) is 9.18. The lowest BCUT2D eigenvalue weighted by Crippen LogP contribution is -2.27. The summed E-state index contributed by atoms with van der Waals surface area (Å²) in [7, 11) is 0. The summed E-state index contributed by atoms with van der Waals surface area (Å²) >= 11 is 0. The fraction of sp³-hybridized carbons (Fsp3) is 0.483. The van der Waals surface area contributed by atoms with E-state index < -0.39 is 17.2 Å². The second-order valence-electron chi connectivity index (χ2n) is 11.1. The van der Waals surface area contributed by atoms with Crippen molar-refractivity contribution in [3.8, 4) is 0 Å². The number of benzene rings is 2. The van der Waals surface area contributed by atoms with Crippen LogP contribution in [0, 0.1) is 47.0 Å². The van der Waals surface area contributed by atoms with Gasteiger partial charge in [0.25, 0.3) is 0 Å². The molecule has 3 nitrogen and oxygen atoms in total. The molecule has 0 aliphatic rings. The van der Waals surface area contributed by atoms with Gasteiger partial charge in [-0.15, -0.1) is 0 Å². The van der Waals surface area contributed by atoms with Crippen LogP contribution in [0.4, 0.5) is 4.79 Å². The van der Waals surface area contributed by atoms with Gasteiger partial charge in [-0.1, -0.05) is 56.2 Å². The van der Waals surface area contributed by atoms with Gasteiger partial charge in [-0.2, -0.15) is 0 Å². The van der Waals surface area contributed by atoms with Crippen LogP contribution in [0.1, 0.15) is 86.1 Å². The van der Waals surface area contributed by atoms with Gasteiger partial charge in [-0.25, -0.2) is 4.79 Å². The van der Waals surface area contributed by atoms with E-state index in [0.717, 1.165) is 39.0 Å². The molecule has 0 atom stereocenters. The summed E-state index contributed by atoms with van der Waals surface area (Å²) < 4.78 is 11.6. The Morgan fingerprint density at radius 3 is 1.28 bits per heavy atom. The first-order chi connectivity index (χ1) is 14.5. The number of rotatable bonds is 3. The minimum absolute atomic E-state index is 0.431. The second kappa shape index (κ2) is 9.13. The summed E-state index contributed by atoms with van der Waals surface area (Å²) in [4.78, 5) is 12.9. The zero-order chi connectivity index (χ0) is 24.6. The van der Waals surface area contributed by atoms with Crippen LogP contribution in [-0.4, -0.2) is 11.8 Å². The molecule has 0 unspecified atom stereocenters. The van der Waals surface area contributed by atoms with Crippen molar-refractivity contribution in [1.29, 1.82) is 0 Å². The van der Waals surface area contributed by atoms with Gasteiger partial charge in [0, 0.05) is 11.0 Å². The smallest absolute Gasteiger partial charge is 0.428 e. The molecular weight excluding hydrogens is 396 g/mol. The molecule has 0 bridgehead atoms. The van der Waals surface area contributed by atoms with Gasteiger partial charge in [0.2, 0.25) is 0 Å². The zero-order valence-electron chi connectivity index (χ0n) is 22.0. The first-order valence-electron chi connectivity index (χ1n) is 11.3. The Balaban J connectivity index is 2.99. The quantitative estimate of drug-likeness (QED) is 0.358. The van der Waals surface area contributed by atoms with Crippen LogP contribution >= 0.6 is 0 Å². The summed E-state index contributed by atoms with van der Waals surface area (Å²) in [6.07, 6.45) is -0.676. The summed E-state index contributed by atoms with van der Waals surface area (Å²) in [6.45, 7) is 24.5. The Morgan fingerprint density at radius 1 is 0.656 bits per heavy atom. The lowest BCUT2D eigenvalue weighted by molar-refractivity contribution is -0.0000358.